The van der Waals surface area contributed by atoms with Crippen LogP contribution in [0, 0.1) is 5.82 Å². The van der Waals surface area contributed by atoms with Crippen LogP contribution in [0.2, 0.25) is 0 Å². The Labute approximate surface area is 146 Å². The number of halogens is 2. The molecule has 22 heavy (non-hydrogen) atoms. The molecule has 1 saturated carbocycles. The average molecular weight is 412 g/mol. The summed E-state index contributed by atoms with van der Waals surface area (Å²) in [7, 11) is 0. The molecule has 0 bridgehead atoms. The second-order valence-corrected chi connectivity index (χ2v) is 5.23. The first-order valence-electron chi connectivity index (χ1n) is 6.97. The molecule has 3 rings (SSSR count). The second kappa shape index (κ2) is 7.53. The Morgan fingerprint density at radius 3 is 2.73 bits per heavy atom. The van der Waals surface area contributed by atoms with Gasteiger partial charge in [-0.2, -0.15) is 0 Å². The Morgan fingerprint density at radius 2 is 2.05 bits per heavy atom. The first-order chi connectivity index (χ1) is 10.2. The topological polar surface area (TPSA) is 63.3 Å². The van der Waals surface area contributed by atoms with Gasteiger partial charge in [0, 0.05) is 6.20 Å². The van der Waals surface area contributed by atoms with E-state index in [4.69, 9.17) is 5.73 Å². The van der Waals surface area contributed by atoms with E-state index in [1.54, 1.807) is 18.3 Å². The summed E-state index contributed by atoms with van der Waals surface area (Å²) in [6.07, 6.45) is 3.49. The van der Waals surface area contributed by atoms with Crippen molar-refractivity contribution in [1.29, 1.82) is 0 Å². The number of nitrogens with two attached hydrogens (primary N) is 1. The van der Waals surface area contributed by atoms with Crippen molar-refractivity contribution in [2.24, 2.45) is 10.7 Å². The monoisotopic (exact) mass is 412 g/mol. The number of nitrogens with zero attached hydrogens (tertiary/aromatic N) is 2. The Hall–Kier alpha value is -1.70. The molecule has 1 aromatic heterocycles. The van der Waals surface area contributed by atoms with Crippen LogP contribution in [0.5, 0.6) is 0 Å². The molecule has 4 nitrogen and oxygen atoms in total. The van der Waals surface area contributed by atoms with Gasteiger partial charge in [-0.05, 0) is 48.6 Å². The highest BCUT2D eigenvalue weighted by atomic mass is 127. The van der Waals surface area contributed by atoms with Crippen LogP contribution in [0.25, 0.3) is 0 Å². The molecule has 2 aromatic rings. The minimum Gasteiger partial charge on any atom is -0.370 e. The number of rotatable bonds is 3. The van der Waals surface area contributed by atoms with Crippen LogP contribution in [-0.2, 0) is 0 Å². The van der Waals surface area contributed by atoms with Gasteiger partial charge in [-0.15, -0.1) is 24.0 Å². The van der Waals surface area contributed by atoms with Gasteiger partial charge in [-0.25, -0.2) is 14.4 Å². The first-order valence-corrected chi connectivity index (χ1v) is 6.97. The molecule has 116 valence electrons. The van der Waals surface area contributed by atoms with Gasteiger partial charge in [-0.1, -0.05) is 18.2 Å². The molecule has 1 heterocycles. The van der Waals surface area contributed by atoms with Crippen molar-refractivity contribution in [3.05, 3.63) is 60.0 Å². The zero-order valence-corrected chi connectivity index (χ0v) is 14.3. The number of pyridine rings is 1. The Kier molecular flexibility index (Phi) is 5.70. The van der Waals surface area contributed by atoms with E-state index in [1.165, 1.54) is 6.07 Å². The second-order valence-electron chi connectivity index (χ2n) is 5.23. The summed E-state index contributed by atoms with van der Waals surface area (Å²) >= 11 is 0. The van der Waals surface area contributed by atoms with Crippen molar-refractivity contribution in [3.63, 3.8) is 0 Å². The van der Waals surface area contributed by atoms with Gasteiger partial charge in [0.05, 0.1) is 6.04 Å². The number of hydrogen-bond acceptors (Lipinski definition) is 2. The predicted octanol–water partition coefficient (Wildman–Crippen LogP) is 3.51. The highest BCUT2D eigenvalue weighted by Crippen LogP contribution is 2.38. The summed E-state index contributed by atoms with van der Waals surface area (Å²) in [5.74, 6) is 1.24. The van der Waals surface area contributed by atoms with Crippen molar-refractivity contribution in [1.82, 2.24) is 4.98 Å². The molecule has 0 aliphatic heterocycles. The molecular formula is C16H18FIN4. The average Bonchev–Trinajstić information content (AvgIpc) is 2.43. The van der Waals surface area contributed by atoms with E-state index in [-0.39, 0.29) is 35.8 Å². The summed E-state index contributed by atoms with van der Waals surface area (Å²) in [5.41, 5.74) is 6.90. The number of benzene rings is 1. The lowest BCUT2D eigenvalue weighted by molar-refractivity contribution is 0.352. The molecule has 0 unspecified atom stereocenters. The fraction of sp³-hybridized carbons (Fsp3) is 0.250. The van der Waals surface area contributed by atoms with Gasteiger partial charge in [0.1, 0.15) is 11.6 Å². The normalized spacial score (nSPS) is 20.7. The van der Waals surface area contributed by atoms with Crippen molar-refractivity contribution >= 4 is 35.8 Å². The van der Waals surface area contributed by atoms with Crippen LogP contribution in [0.3, 0.4) is 0 Å². The molecule has 0 saturated heterocycles. The maximum Gasteiger partial charge on any atom is 0.194 e. The third kappa shape index (κ3) is 4.16. The lowest BCUT2D eigenvalue weighted by Gasteiger charge is -2.33. The third-order valence-electron chi connectivity index (χ3n) is 3.68. The van der Waals surface area contributed by atoms with Crippen molar-refractivity contribution < 1.29 is 4.39 Å². The molecule has 3 N–H and O–H groups in total. The Bertz CT molecular complexity index is 642. The van der Waals surface area contributed by atoms with Crippen LogP contribution in [-0.4, -0.2) is 17.0 Å². The maximum absolute atomic E-state index is 13.2. The van der Waals surface area contributed by atoms with E-state index >= 15 is 0 Å². The molecule has 1 aromatic carbocycles. The van der Waals surface area contributed by atoms with Crippen LogP contribution < -0.4 is 11.1 Å². The highest BCUT2D eigenvalue weighted by Gasteiger charge is 2.30. The summed E-state index contributed by atoms with van der Waals surface area (Å²) < 4.78 is 13.2. The quantitative estimate of drug-likeness (QED) is 0.461. The van der Waals surface area contributed by atoms with Gasteiger partial charge in [0.15, 0.2) is 5.96 Å². The number of anilines is 1. The molecule has 0 radical (unpaired) electrons. The van der Waals surface area contributed by atoms with Crippen LogP contribution >= 0.6 is 24.0 Å². The molecule has 0 atom stereocenters. The van der Waals surface area contributed by atoms with Crippen molar-refractivity contribution in [2.75, 3.05) is 5.32 Å². The number of guanidine groups is 1. The van der Waals surface area contributed by atoms with E-state index in [1.807, 2.05) is 24.3 Å². The highest BCUT2D eigenvalue weighted by molar-refractivity contribution is 14.0. The minimum atomic E-state index is -0.184. The van der Waals surface area contributed by atoms with E-state index in [0.717, 1.165) is 18.4 Å². The zero-order chi connectivity index (χ0) is 14.7. The number of nitrogens with one attached hydrogen (secondary N) is 1. The lowest BCUT2D eigenvalue weighted by atomic mass is 9.76. The summed E-state index contributed by atoms with van der Waals surface area (Å²) in [6, 6.07) is 12.5. The lowest BCUT2D eigenvalue weighted by Crippen LogP contribution is -2.31. The van der Waals surface area contributed by atoms with E-state index in [9.17, 15) is 4.39 Å². The molecule has 0 amide bonds. The van der Waals surface area contributed by atoms with Gasteiger partial charge in [0.2, 0.25) is 0 Å². The first kappa shape index (κ1) is 16.7. The summed E-state index contributed by atoms with van der Waals surface area (Å²) in [4.78, 5) is 8.55. The molecule has 6 heteroatoms. The maximum atomic E-state index is 13.2. The number of aliphatic imine (C=N–C) groups is 1. The van der Waals surface area contributed by atoms with Crippen LogP contribution in [0.15, 0.2) is 53.7 Å². The Morgan fingerprint density at radius 1 is 1.23 bits per heavy atom. The van der Waals surface area contributed by atoms with Crippen LogP contribution in [0.4, 0.5) is 10.2 Å². The smallest absolute Gasteiger partial charge is 0.194 e. The number of hydrogen-bond donors (Lipinski definition) is 2. The van der Waals surface area contributed by atoms with E-state index < -0.39 is 0 Å². The van der Waals surface area contributed by atoms with Crippen molar-refractivity contribution in [2.45, 2.75) is 24.8 Å². The fourth-order valence-corrected chi connectivity index (χ4v) is 2.52. The predicted molar refractivity (Wildman–Crippen MR) is 97.1 cm³/mol. The summed E-state index contributed by atoms with van der Waals surface area (Å²) in [6.45, 7) is 0. The molecule has 0 spiro atoms. The molecule has 1 aliphatic carbocycles. The minimum absolute atomic E-state index is 0. The van der Waals surface area contributed by atoms with Crippen LogP contribution in [0.1, 0.15) is 24.3 Å². The molecule has 1 fully saturated rings. The standard InChI is InChI=1S/C16H17FN4.HI/c17-13-5-3-4-11(8-13)12-9-14(10-12)20-16(18)21-15-6-1-2-7-19-15;/h1-8,12,14H,9-10H2,(H3,18,19,20,21);1H. The van der Waals surface area contributed by atoms with Gasteiger partial charge in [0.25, 0.3) is 0 Å². The fourth-order valence-electron chi connectivity index (χ4n) is 2.52. The zero-order valence-electron chi connectivity index (χ0n) is 11.9. The SMILES string of the molecule is I.NC(=NC1CC(c2cccc(F)c2)C1)Nc1ccccn1. The number of aromatic nitrogens is 1. The van der Waals surface area contributed by atoms with Gasteiger partial charge in [-0.3, -0.25) is 0 Å². The van der Waals surface area contributed by atoms with E-state index in [2.05, 4.69) is 15.3 Å². The van der Waals surface area contributed by atoms with Gasteiger partial charge >= 0.3 is 0 Å². The van der Waals surface area contributed by atoms with E-state index in [0.29, 0.717) is 17.7 Å². The van der Waals surface area contributed by atoms with Crippen molar-refractivity contribution in [3.8, 4) is 0 Å². The molecule has 1 aliphatic rings. The molecular weight excluding hydrogens is 394 g/mol. The van der Waals surface area contributed by atoms with Gasteiger partial charge < -0.3 is 11.1 Å². The largest absolute Gasteiger partial charge is 0.370 e. The third-order valence-corrected chi connectivity index (χ3v) is 3.68. The summed E-state index contributed by atoms with van der Waals surface area (Å²) in [5, 5.41) is 2.96. The Balaban J connectivity index is 0.00000176.